The van der Waals surface area contributed by atoms with Gasteiger partial charge in [0.15, 0.2) is 17.9 Å². The molecule has 1 atom stereocenters. The van der Waals surface area contributed by atoms with Gasteiger partial charge in [-0.15, -0.1) is 0 Å². The Labute approximate surface area is 199 Å². The fourth-order valence-corrected chi connectivity index (χ4v) is 4.01. The Kier molecular flexibility index (Phi) is 8.21. The summed E-state index contributed by atoms with van der Waals surface area (Å²) in [5.41, 5.74) is 2.78. The van der Waals surface area contributed by atoms with Crippen molar-refractivity contribution >= 4 is 28.7 Å². The number of amides is 1. The van der Waals surface area contributed by atoms with Gasteiger partial charge in [0.2, 0.25) is 5.91 Å². The van der Waals surface area contributed by atoms with E-state index in [4.69, 9.17) is 18.9 Å². The fourth-order valence-electron chi connectivity index (χ4n) is 4.01. The van der Waals surface area contributed by atoms with Crippen LogP contribution < -0.4 is 20.3 Å². The molecule has 2 aliphatic rings. The van der Waals surface area contributed by atoms with Crippen molar-refractivity contribution in [3.8, 4) is 5.75 Å². The number of methoxy groups -OCH3 is 1. The first-order valence-corrected chi connectivity index (χ1v) is 11.6. The summed E-state index contributed by atoms with van der Waals surface area (Å²) in [6, 6.07) is 10.7. The highest BCUT2D eigenvalue weighted by atomic mass is 19.1. The van der Waals surface area contributed by atoms with Gasteiger partial charge in [-0.05, 0) is 43.5 Å². The minimum atomic E-state index is -0.546. The van der Waals surface area contributed by atoms with Crippen molar-refractivity contribution in [2.24, 2.45) is 0 Å². The van der Waals surface area contributed by atoms with Crippen molar-refractivity contribution in [2.75, 3.05) is 55.6 Å². The molecular formula is C25H32FN3O5. The van der Waals surface area contributed by atoms with E-state index in [9.17, 15) is 9.18 Å². The van der Waals surface area contributed by atoms with Crippen LogP contribution in [0, 0.1) is 5.82 Å². The Morgan fingerprint density at radius 1 is 1.12 bits per heavy atom. The average Bonchev–Trinajstić information content (AvgIpc) is 2.80. The van der Waals surface area contributed by atoms with Crippen molar-refractivity contribution in [2.45, 2.75) is 38.6 Å². The van der Waals surface area contributed by atoms with Crippen molar-refractivity contribution in [3.05, 3.63) is 42.2 Å². The van der Waals surface area contributed by atoms with Gasteiger partial charge >= 0.3 is 0 Å². The number of ether oxygens (including phenoxy) is 4. The number of anilines is 4. The molecule has 0 aliphatic carbocycles. The van der Waals surface area contributed by atoms with Crippen LogP contribution in [0.15, 0.2) is 36.4 Å². The van der Waals surface area contributed by atoms with Gasteiger partial charge < -0.3 is 34.5 Å². The van der Waals surface area contributed by atoms with Crippen LogP contribution in [-0.2, 0) is 19.0 Å². The molecule has 8 nitrogen and oxygen atoms in total. The third-order valence-electron chi connectivity index (χ3n) is 5.84. The number of halogens is 1. The first-order chi connectivity index (χ1) is 16.5. The number of carbonyl (C=O) groups excluding carboxylic acids is 1. The van der Waals surface area contributed by atoms with Crippen LogP contribution in [0.5, 0.6) is 5.75 Å². The summed E-state index contributed by atoms with van der Waals surface area (Å²) in [6.45, 7) is 4.94. The van der Waals surface area contributed by atoms with E-state index in [1.165, 1.54) is 26.2 Å². The first-order valence-electron chi connectivity index (χ1n) is 11.6. The number of hydrogen-bond acceptors (Lipinski definition) is 7. The smallest absolute Gasteiger partial charge is 0.221 e. The molecule has 1 amide bonds. The van der Waals surface area contributed by atoms with Crippen LogP contribution in [0.1, 0.15) is 26.2 Å². The molecule has 34 heavy (non-hydrogen) atoms. The standard InChI is InChI=1S/C25H32FN3O5/c1-17(30)27-22-13-21(26)24(31-2)14-23(22)28-18-6-8-19(9-7-18)29-15-20(16-29)32-11-12-34-25-5-3-4-10-33-25/h6-9,13-14,20,25,28H,3-5,10-12,15-16H2,1-2H3,(H,27,30). The van der Waals surface area contributed by atoms with Crippen LogP contribution in [0.25, 0.3) is 0 Å². The quantitative estimate of drug-likeness (QED) is 0.499. The van der Waals surface area contributed by atoms with Gasteiger partial charge in [0.1, 0.15) is 0 Å². The van der Waals surface area contributed by atoms with Crippen LogP contribution in [0.2, 0.25) is 0 Å². The molecule has 0 radical (unpaired) electrons. The minimum absolute atomic E-state index is 0.0762. The van der Waals surface area contributed by atoms with Crippen molar-refractivity contribution in [3.63, 3.8) is 0 Å². The molecule has 0 spiro atoms. The summed E-state index contributed by atoms with van der Waals surface area (Å²) >= 11 is 0. The molecular weight excluding hydrogens is 441 g/mol. The predicted octanol–water partition coefficient (Wildman–Crippen LogP) is 4.28. The van der Waals surface area contributed by atoms with Gasteiger partial charge in [0.05, 0.1) is 37.8 Å². The summed E-state index contributed by atoms with van der Waals surface area (Å²) in [4.78, 5) is 13.7. The first kappa shape index (κ1) is 24.3. The van der Waals surface area contributed by atoms with Crippen molar-refractivity contribution in [1.29, 1.82) is 0 Å². The minimum Gasteiger partial charge on any atom is -0.494 e. The topological polar surface area (TPSA) is 81.3 Å². The Bertz CT molecular complexity index is 960. The van der Waals surface area contributed by atoms with E-state index in [1.54, 1.807) is 0 Å². The molecule has 2 aromatic rings. The van der Waals surface area contributed by atoms with E-state index >= 15 is 0 Å². The molecule has 4 rings (SSSR count). The monoisotopic (exact) mass is 473 g/mol. The lowest BCUT2D eigenvalue weighted by atomic mass is 10.1. The fraction of sp³-hybridized carbons (Fsp3) is 0.480. The van der Waals surface area contributed by atoms with E-state index in [0.29, 0.717) is 24.6 Å². The zero-order valence-electron chi connectivity index (χ0n) is 19.6. The zero-order chi connectivity index (χ0) is 23.9. The second kappa shape index (κ2) is 11.5. The molecule has 1 unspecified atom stereocenters. The highest BCUT2D eigenvalue weighted by Gasteiger charge is 2.27. The third-order valence-corrected chi connectivity index (χ3v) is 5.84. The highest BCUT2D eigenvalue weighted by molar-refractivity contribution is 5.93. The predicted molar refractivity (Wildman–Crippen MR) is 128 cm³/mol. The lowest BCUT2D eigenvalue weighted by Crippen LogP contribution is -2.52. The SMILES string of the molecule is COc1cc(Nc2ccc(N3CC(OCCOC4CCCCO4)C3)cc2)c(NC(C)=O)cc1F. The van der Waals surface area contributed by atoms with Gasteiger partial charge in [0, 0.05) is 50.1 Å². The largest absolute Gasteiger partial charge is 0.494 e. The Hall–Kier alpha value is -2.88. The van der Waals surface area contributed by atoms with Crippen molar-refractivity contribution < 1.29 is 28.1 Å². The summed E-state index contributed by atoms with van der Waals surface area (Å²) in [5, 5.41) is 5.87. The second-order valence-electron chi connectivity index (χ2n) is 8.45. The lowest BCUT2D eigenvalue weighted by molar-refractivity contribution is -0.171. The molecule has 2 N–H and O–H groups in total. The van der Waals surface area contributed by atoms with Gasteiger partial charge in [-0.2, -0.15) is 0 Å². The molecule has 2 fully saturated rings. The van der Waals surface area contributed by atoms with E-state index in [0.717, 1.165) is 50.3 Å². The van der Waals surface area contributed by atoms with Crippen LogP contribution >= 0.6 is 0 Å². The average molecular weight is 474 g/mol. The van der Waals surface area contributed by atoms with E-state index in [1.807, 2.05) is 24.3 Å². The number of hydrogen-bond donors (Lipinski definition) is 2. The third kappa shape index (κ3) is 6.37. The molecule has 2 heterocycles. The number of nitrogens with zero attached hydrogens (tertiary/aromatic N) is 1. The van der Waals surface area contributed by atoms with Crippen LogP contribution in [0.4, 0.5) is 27.1 Å². The van der Waals surface area contributed by atoms with Crippen LogP contribution in [0.3, 0.4) is 0 Å². The number of nitrogens with one attached hydrogen (secondary N) is 2. The molecule has 184 valence electrons. The van der Waals surface area contributed by atoms with Gasteiger partial charge in [0.25, 0.3) is 0 Å². The zero-order valence-corrected chi connectivity index (χ0v) is 19.6. The Morgan fingerprint density at radius 3 is 2.56 bits per heavy atom. The maximum absolute atomic E-state index is 14.1. The lowest BCUT2D eigenvalue weighted by Gasteiger charge is -2.40. The van der Waals surface area contributed by atoms with Gasteiger partial charge in [-0.3, -0.25) is 4.79 Å². The normalized spacial score (nSPS) is 18.3. The van der Waals surface area contributed by atoms with Gasteiger partial charge in [-0.25, -0.2) is 4.39 Å². The summed E-state index contributed by atoms with van der Waals surface area (Å²) in [5.74, 6) is -0.737. The number of carbonyl (C=O) groups is 1. The van der Waals surface area contributed by atoms with Crippen LogP contribution in [-0.4, -0.2) is 58.3 Å². The summed E-state index contributed by atoms with van der Waals surface area (Å²) in [7, 11) is 1.40. The molecule has 0 saturated carbocycles. The number of benzene rings is 2. The van der Waals surface area contributed by atoms with E-state index in [2.05, 4.69) is 15.5 Å². The second-order valence-corrected chi connectivity index (χ2v) is 8.45. The molecule has 2 aliphatic heterocycles. The van der Waals surface area contributed by atoms with Gasteiger partial charge in [-0.1, -0.05) is 0 Å². The molecule has 2 aromatic carbocycles. The number of rotatable bonds is 10. The van der Waals surface area contributed by atoms with E-state index in [-0.39, 0.29) is 24.1 Å². The summed E-state index contributed by atoms with van der Waals surface area (Å²) < 4.78 is 36.3. The maximum Gasteiger partial charge on any atom is 0.221 e. The highest BCUT2D eigenvalue weighted by Crippen LogP contribution is 2.33. The molecule has 9 heteroatoms. The van der Waals surface area contributed by atoms with Crippen molar-refractivity contribution in [1.82, 2.24) is 0 Å². The molecule has 0 aromatic heterocycles. The Morgan fingerprint density at radius 2 is 1.88 bits per heavy atom. The maximum atomic E-state index is 14.1. The molecule has 0 bridgehead atoms. The Balaban J connectivity index is 1.25. The van der Waals surface area contributed by atoms with E-state index < -0.39 is 5.82 Å². The molecule has 2 saturated heterocycles. The summed E-state index contributed by atoms with van der Waals surface area (Å²) in [6.07, 6.45) is 3.36.